The van der Waals surface area contributed by atoms with Crippen molar-refractivity contribution in [3.05, 3.63) is 94.8 Å². The van der Waals surface area contributed by atoms with Gasteiger partial charge in [0.1, 0.15) is 17.4 Å². The zero-order valence-corrected chi connectivity index (χ0v) is 19.2. The first-order chi connectivity index (χ1) is 16.4. The lowest BCUT2D eigenvalue weighted by molar-refractivity contribution is -0.133. The number of methoxy groups -OCH3 is 1. The molecule has 3 rings (SSSR count). The third-order valence-corrected chi connectivity index (χ3v) is 5.26. The van der Waals surface area contributed by atoms with Gasteiger partial charge in [-0.3, -0.25) is 10.2 Å². The number of nitrogen functional groups attached to an aromatic ring is 1. The number of nitrogens with one attached hydrogen (secondary N) is 3. The summed E-state index contributed by atoms with van der Waals surface area (Å²) in [6.07, 6.45) is -1.10. The summed E-state index contributed by atoms with van der Waals surface area (Å²) in [6, 6.07) is 19.4. The number of ether oxygens (including phenoxy) is 2. The van der Waals surface area contributed by atoms with Gasteiger partial charge < -0.3 is 25.8 Å². The maximum atomic E-state index is 14.6. The van der Waals surface area contributed by atoms with E-state index in [9.17, 15) is 9.18 Å². The van der Waals surface area contributed by atoms with Gasteiger partial charge in [0.25, 0.3) is 5.91 Å². The van der Waals surface area contributed by atoms with Gasteiger partial charge in [-0.25, -0.2) is 4.39 Å². The van der Waals surface area contributed by atoms with Gasteiger partial charge in [-0.2, -0.15) is 0 Å². The Kier molecular flexibility index (Phi) is 8.59. The van der Waals surface area contributed by atoms with E-state index < -0.39 is 17.8 Å². The zero-order valence-electron chi connectivity index (χ0n) is 19.2. The highest BCUT2D eigenvalue weighted by molar-refractivity contribution is 5.96. The van der Waals surface area contributed by atoms with Crippen molar-refractivity contribution < 1.29 is 18.7 Å². The molecule has 0 saturated heterocycles. The van der Waals surface area contributed by atoms with Gasteiger partial charge >= 0.3 is 0 Å². The predicted octanol–water partition coefficient (Wildman–Crippen LogP) is 4.12. The molecule has 1 amide bonds. The summed E-state index contributed by atoms with van der Waals surface area (Å²) < 4.78 is 25.2. The lowest BCUT2D eigenvalue weighted by Crippen LogP contribution is -2.31. The molecule has 0 saturated carbocycles. The molecule has 3 aromatic rings. The highest BCUT2D eigenvalue weighted by atomic mass is 19.1. The summed E-state index contributed by atoms with van der Waals surface area (Å²) in [5.41, 5.74) is 8.97. The molecule has 8 heteroatoms. The molecule has 0 aliphatic rings. The number of carbonyl (C=O) groups is 1. The molecule has 0 heterocycles. The van der Waals surface area contributed by atoms with Crippen molar-refractivity contribution in [2.45, 2.75) is 26.1 Å². The van der Waals surface area contributed by atoms with E-state index in [-0.39, 0.29) is 24.6 Å². The van der Waals surface area contributed by atoms with Crippen molar-refractivity contribution in [1.29, 1.82) is 5.41 Å². The number of halogens is 1. The van der Waals surface area contributed by atoms with E-state index in [1.54, 1.807) is 31.2 Å². The summed E-state index contributed by atoms with van der Waals surface area (Å²) >= 11 is 0. The normalized spacial score (nSPS) is 11.5. The maximum absolute atomic E-state index is 14.6. The molecule has 0 bridgehead atoms. The molecule has 0 unspecified atom stereocenters. The molecule has 1 atom stereocenters. The van der Waals surface area contributed by atoms with Crippen LogP contribution < -0.4 is 21.1 Å². The lowest BCUT2D eigenvalue weighted by Gasteiger charge is -2.19. The number of amidine groups is 1. The molecule has 0 radical (unpaired) electrons. The fourth-order valence-electron chi connectivity index (χ4n) is 3.45. The van der Waals surface area contributed by atoms with Gasteiger partial charge in [0.2, 0.25) is 0 Å². The Balaban J connectivity index is 1.77. The average molecular weight is 465 g/mol. The summed E-state index contributed by atoms with van der Waals surface area (Å²) in [4.78, 5) is 13.0. The number of carbonyl (C=O) groups excluding carboxylic acids is 1. The molecular weight excluding hydrogens is 435 g/mol. The molecule has 3 aromatic carbocycles. The van der Waals surface area contributed by atoms with Crippen LogP contribution in [-0.4, -0.2) is 25.5 Å². The first kappa shape index (κ1) is 24.7. The third-order valence-electron chi connectivity index (χ3n) is 5.26. The number of anilines is 1. The van der Waals surface area contributed by atoms with Crippen molar-refractivity contribution in [3.63, 3.8) is 0 Å². The Morgan fingerprint density at radius 1 is 1.09 bits per heavy atom. The van der Waals surface area contributed by atoms with E-state index in [0.29, 0.717) is 17.9 Å². The molecule has 34 heavy (non-hydrogen) atoms. The van der Waals surface area contributed by atoms with Crippen LogP contribution in [0.3, 0.4) is 0 Å². The average Bonchev–Trinajstić information content (AvgIpc) is 2.85. The summed E-state index contributed by atoms with van der Waals surface area (Å²) in [5, 5.41) is 13.9. The highest BCUT2D eigenvalue weighted by Gasteiger charge is 2.24. The van der Waals surface area contributed by atoms with Crippen LogP contribution in [0.25, 0.3) is 0 Å². The van der Waals surface area contributed by atoms with Crippen LogP contribution in [0.4, 0.5) is 10.1 Å². The predicted molar refractivity (Wildman–Crippen MR) is 130 cm³/mol. The largest absolute Gasteiger partial charge is 0.497 e. The first-order valence-corrected chi connectivity index (χ1v) is 10.9. The SMILES string of the molecule is CCO[C@H](C(=O)NCc1ccc(C(=N)N)cc1NCc1ccccc1)c1ccc(OC)cc1F. The molecule has 0 aliphatic carbocycles. The molecule has 0 fully saturated rings. The zero-order chi connectivity index (χ0) is 24.5. The van der Waals surface area contributed by atoms with E-state index in [4.69, 9.17) is 20.6 Å². The van der Waals surface area contributed by atoms with Crippen LogP contribution in [-0.2, 0) is 22.6 Å². The van der Waals surface area contributed by atoms with Crippen molar-refractivity contribution in [2.24, 2.45) is 5.73 Å². The van der Waals surface area contributed by atoms with Gasteiger partial charge in [0.05, 0.1) is 7.11 Å². The molecule has 7 nitrogen and oxygen atoms in total. The molecule has 178 valence electrons. The lowest BCUT2D eigenvalue weighted by atomic mass is 10.1. The maximum Gasteiger partial charge on any atom is 0.254 e. The quantitative estimate of drug-likeness (QED) is 0.252. The van der Waals surface area contributed by atoms with Gasteiger partial charge in [-0.05, 0) is 36.2 Å². The van der Waals surface area contributed by atoms with E-state index in [2.05, 4.69) is 10.6 Å². The van der Waals surface area contributed by atoms with Crippen molar-refractivity contribution in [2.75, 3.05) is 19.0 Å². The fraction of sp³-hybridized carbons (Fsp3) is 0.231. The number of hydrogen-bond donors (Lipinski definition) is 4. The molecule has 5 N–H and O–H groups in total. The van der Waals surface area contributed by atoms with E-state index in [0.717, 1.165) is 16.8 Å². The van der Waals surface area contributed by atoms with Gasteiger partial charge in [0.15, 0.2) is 6.10 Å². The number of rotatable bonds is 11. The minimum atomic E-state index is -1.10. The Labute approximate surface area is 198 Å². The van der Waals surface area contributed by atoms with Crippen molar-refractivity contribution >= 4 is 17.4 Å². The molecule has 0 aromatic heterocycles. The van der Waals surface area contributed by atoms with Crippen LogP contribution in [0.15, 0.2) is 66.7 Å². The summed E-state index contributed by atoms with van der Waals surface area (Å²) in [5.74, 6) is -0.735. The topological polar surface area (TPSA) is 109 Å². The Morgan fingerprint density at radius 3 is 2.50 bits per heavy atom. The van der Waals surface area contributed by atoms with E-state index >= 15 is 0 Å². The Bertz CT molecular complexity index is 1140. The highest BCUT2D eigenvalue weighted by Crippen LogP contribution is 2.25. The Hall–Kier alpha value is -3.91. The van der Waals surface area contributed by atoms with Crippen LogP contribution in [0.5, 0.6) is 5.75 Å². The van der Waals surface area contributed by atoms with Crippen molar-refractivity contribution in [3.8, 4) is 5.75 Å². The summed E-state index contributed by atoms with van der Waals surface area (Å²) in [7, 11) is 1.45. The molecular formula is C26H29FN4O3. The van der Waals surface area contributed by atoms with Crippen LogP contribution in [0, 0.1) is 11.2 Å². The smallest absolute Gasteiger partial charge is 0.254 e. The molecule has 0 spiro atoms. The number of hydrogen-bond acceptors (Lipinski definition) is 5. The second kappa shape index (κ2) is 11.8. The molecule has 0 aliphatic heterocycles. The number of amides is 1. The van der Waals surface area contributed by atoms with E-state index in [1.807, 2.05) is 30.3 Å². The minimum absolute atomic E-state index is 0.0512. The number of benzene rings is 3. The second-order valence-electron chi connectivity index (χ2n) is 7.57. The fourth-order valence-corrected chi connectivity index (χ4v) is 3.45. The monoisotopic (exact) mass is 464 g/mol. The van der Waals surface area contributed by atoms with Crippen LogP contribution in [0.1, 0.15) is 35.3 Å². The summed E-state index contributed by atoms with van der Waals surface area (Å²) in [6.45, 7) is 2.71. The number of nitrogens with two attached hydrogens (primary N) is 1. The second-order valence-corrected chi connectivity index (χ2v) is 7.57. The van der Waals surface area contributed by atoms with Crippen LogP contribution in [0.2, 0.25) is 0 Å². The van der Waals surface area contributed by atoms with Gasteiger partial charge in [-0.15, -0.1) is 0 Å². The first-order valence-electron chi connectivity index (χ1n) is 10.9. The van der Waals surface area contributed by atoms with Gasteiger partial charge in [0, 0.05) is 42.6 Å². The minimum Gasteiger partial charge on any atom is -0.497 e. The third kappa shape index (κ3) is 6.32. The Morgan fingerprint density at radius 2 is 1.85 bits per heavy atom. The van der Waals surface area contributed by atoms with E-state index in [1.165, 1.54) is 19.2 Å². The van der Waals surface area contributed by atoms with Gasteiger partial charge in [-0.1, -0.05) is 42.5 Å². The van der Waals surface area contributed by atoms with Crippen molar-refractivity contribution in [1.82, 2.24) is 5.32 Å². The van der Waals surface area contributed by atoms with Crippen LogP contribution >= 0.6 is 0 Å². The standard InChI is InChI=1S/C26H29FN4O3/c1-3-34-24(21-12-11-20(33-2)14-22(21)27)26(32)31-16-19-10-9-18(25(28)29)13-23(19)30-15-17-7-5-4-6-8-17/h4-14,24,30H,3,15-16H2,1-2H3,(H3,28,29)(H,31,32)/t24-/m0/s1.